The Hall–Kier alpha value is -2.41. The lowest BCUT2D eigenvalue weighted by Gasteiger charge is -2.28. The maximum absolute atomic E-state index is 11.0. The van der Waals surface area contributed by atoms with E-state index in [4.69, 9.17) is 14.2 Å². The van der Waals surface area contributed by atoms with Gasteiger partial charge in [0.05, 0.1) is 25.4 Å². The first-order chi connectivity index (χ1) is 12.4. The van der Waals surface area contributed by atoms with Crippen LogP contribution < -0.4 is 0 Å². The van der Waals surface area contributed by atoms with E-state index < -0.39 is 23.5 Å². The van der Waals surface area contributed by atoms with Crippen LogP contribution in [0, 0.1) is 0 Å². The molecule has 0 saturated carbocycles. The second-order valence-corrected chi connectivity index (χ2v) is 5.65. The number of esters is 3. The molecular weight excluding hydrogens is 340 g/mol. The average Bonchev–Trinajstić information content (AvgIpc) is 2.65. The first-order valence-electron chi connectivity index (χ1n) is 8.47. The van der Waals surface area contributed by atoms with Crippen molar-refractivity contribution >= 4 is 17.9 Å². The minimum Gasteiger partial charge on any atom is -0.463 e. The highest BCUT2D eigenvalue weighted by Gasteiger charge is 2.26. The van der Waals surface area contributed by atoms with Crippen LogP contribution in [0.1, 0.15) is 38.5 Å². The molecule has 0 amide bonds. The molecule has 26 heavy (non-hydrogen) atoms. The van der Waals surface area contributed by atoms with Gasteiger partial charge in [-0.15, -0.1) is 0 Å². The first-order valence-corrected chi connectivity index (χ1v) is 8.47. The quantitative estimate of drug-likeness (QED) is 0.205. The lowest BCUT2D eigenvalue weighted by Crippen LogP contribution is -2.30. The van der Waals surface area contributed by atoms with Crippen molar-refractivity contribution < 1.29 is 33.7 Å². The molecule has 0 aromatic carbocycles. The molecule has 0 radical (unpaired) electrons. The molecule has 0 heterocycles. The largest absolute Gasteiger partial charge is 0.463 e. The van der Waals surface area contributed by atoms with Gasteiger partial charge in [0.2, 0.25) is 0 Å². The molecule has 0 atom stereocenters. The highest BCUT2D eigenvalue weighted by Crippen LogP contribution is 2.25. The predicted octanol–water partition coefficient (Wildman–Crippen LogP) is 2.25. The van der Waals surface area contributed by atoms with E-state index in [1.165, 1.54) is 0 Å². The van der Waals surface area contributed by atoms with Crippen LogP contribution in [-0.4, -0.2) is 48.4 Å². The predicted molar refractivity (Wildman–Crippen MR) is 96.1 cm³/mol. The molecule has 0 aliphatic carbocycles. The summed E-state index contributed by atoms with van der Waals surface area (Å²) in [5.41, 5.74) is -1.04. The van der Waals surface area contributed by atoms with E-state index in [0.717, 1.165) is 18.2 Å². The van der Waals surface area contributed by atoms with Crippen molar-refractivity contribution in [1.29, 1.82) is 0 Å². The highest BCUT2D eigenvalue weighted by molar-refractivity contribution is 5.81. The molecule has 0 spiro atoms. The summed E-state index contributed by atoms with van der Waals surface area (Å²) in [5.74, 6) is -1.54. The molecule has 0 rings (SSSR count). The standard InChI is InChI=1S/C19H28O7/c1-4-16(20)24-13-7-10-19(23,11-8-14-25-17(21)5-2)12-9-15-26-18(22)6-3/h4-6,23H,1-3,7-15H2. The van der Waals surface area contributed by atoms with Crippen molar-refractivity contribution in [2.75, 3.05) is 19.8 Å². The Kier molecular flexibility index (Phi) is 12.6. The fourth-order valence-electron chi connectivity index (χ4n) is 2.27. The van der Waals surface area contributed by atoms with Crippen molar-refractivity contribution in [2.45, 2.75) is 44.1 Å². The number of aliphatic hydroxyl groups is 1. The topological polar surface area (TPSA) is 99.1 Å². The molecule has 0 unspecified atom stereocenters. The first kappa shape index (κ1) is 23.6. The monoisotopic (exact) mass is 368 g/mol. The second-order valence-electron chi connectivity index (χ2n) is 5.65. The lowest BCUT2D eigenvalue weighted by atomic mass is 9.88. The van der Waals surface area contributed by atoms with Crippen LogP contribution in [0.25, 0.3) is 0 Å². The van der Waals surface area contributed by atoms with E-state index in [-0.39, 0.29) is 19.8 Å². The SMILES string of the molecule is C=CC(=O)OCCCC(O)(CCCOC(=O)C=C)CCCOC(=O)C=C. The maximum Gasteiger partial charge on any atom is 0.330 e. The van der Waals surface area contributed by atoms with Crippen LogP contribution in [0.3, 0.4) is 0 Å². The van der Waals surface area contributed by atoms with Crippen LogP contribution in [0.2, 0.25) is 0 Å². The van der Waals surface area contributed by atoms with E-state index in [0.29, 0.717) is 38.5 Å². The Balaban J connectivity index is 4.38. The van der Waals surface area contributed by atoms with Crippen LogP contribution in [0.15, 0.2) is 38.0 Å². The van der Waals surface area contributed by atoms with Crippen LogP contribution in [0.4, 0.5) is 0 Å². The Morgan fingerprint density at radius 2 is 0.962 bits per heavy atom. The number of hydrogen-bond acceptors (Lipinski definition) is 7. The molecular formula is C19H28O7. The molecule has 0 aromatic rings. The Bertz CT molecular complexity index is 427. The Morgan fingerprint density at radius 1 is 0.692 bits per heavy atom. The summed E-state index contributed by atoms with van der Waals surface area (Å²) in [4.78, 5) is 33.1. The third-order valence-electron chi connectivity index (χ3n) is 3.59. The number of rotatable bonds is 15. The van der Waals surface area contributed by atoms with Gasteiger partial charge in [-0.25, -0.2) is 14.4 Å². The molecule has 7 nitrogen and oxygen atoms in total. The van der Waals surface area contributed by atoms with Gasteiger partial charge in [0.25, 0.3) is 0 Å². The molecule has 0 aliphatic rings. The molecule has 146 valence electrons. The summed E-state index contributed by atoms with van der Waals surface area (Å²) < 4.78 is 14.7. The summed E-state index contributed by atoms with van der Waals surface area (Å²) >= 11 is 0. The van der Waals surface area contributed by atoms with Gasteiger partial charge >= 0.3 is 17.9 Å². The third kappa shape index (κ3) is 12.0. The fourth-order valence-corrected chi connectivity index (χ4v) is 2.27. The average molecular weight is 368 g/mol. The zero-order chi connectivity index (χ0) is 19.8. The minimum absolute atomic E-state index is 0.171. The minimum atomic E-state index is -1.04. The maximum atomic E-state index is 11.0. The van der Waals surface area contributed by atoms with Crippen molar-refractivity contribution in [3.63, 3.8) is 0 Å². The van der Waals surface area contributed by atoms with Gasteiger partial charge in [-0.3, -0.25) is 0 Å². The fraction of sp³-hybridized carbons (Fsp3) is 0.526. The van der Waals surface area contributed by atoms with Gasteiger partial charge < -0.3 is 19.3 Å². The van der Waals surface area contributed by atoms with Crippen molar-refractivity contribution in [3.05, 3.63) is 38.0 Å². The summed E-state index contributed by atoms with van der Waals surface area (Å²) in [6.45, 7) is 10.4. The van der Waals surface area contributed by atoms with Crippen molar-refractivity contribution in [3.8, 4) is 0 Å². The molecule has 0 aromatic heterocycles. The molecule has 0 bridgehead atoms. The van der Waals surface area contributed by atoms with Gasteiger partial charge in [-0.05, 0) is 38.5 Å². The van der Waals surface area contributed by atoms with Gasteiger partial charge in [-0.1, -0.05) is 19.7 Å². The highest BCUT2D eigenvalue weighted by atomic mass is 16.5. The van der Waals surface area contributed by atoms with E-state index in [2.05, 4.69) is 19.7 Å². The summed E-state index contributed by atoms with van der Waals surface area (Å²) in [7, 11) is 0. The van der Waals surface area contributed by atoms with E-state index in [1.807, 2.05) is 0 Å². The number of carbonyl (C=O) groups is 3. The molecule has 0 fully saturated rings. The Morgan fingerprint density at radius 3 is 1.19 bits per heavy atom. The second kappa shape index (κ2) is 13.8. The number of ether oxygens (including phenoxy) is 3. The van der Waals surface area contributed by atoms with Gasteiger partial charge in [0.15, 0.2) is 0 Å². The molecule has 7 heteroatoms. The molecule has 1 N–H and O–H groups in total. The normalized spacial score (nSPS) is 10.5. The van der Waals surface area contributed by atoms with Gasteiger partial charge in [0, 0.05) is 18.2 Å². The zero-order valence-electron chi connectivity index (χ0n) is 15.1. The lowest BCUT2D eigenvalue weighted by molar-refractivity contribution is -0.138. The van der Waals surface area contributed by atoms with Gasteiger partial charge in [0.1, 0.15) is 0 Å². The van der Waals surface area contributed by atoms with E-state index >= 15 is 0 Å². The Labute approximate surface area is 154 Å². The zero-order valence-corrected chi connectivity index (χ0v) is 15.1. The number of carbonyl (C=O) groups excluding carboxylic acids is 3. The van der Waals surface area contributed by atoms with E-state index in [1.54, 1.807) is 0 Å². The smallest absolute Gasteiger partial charge is 0.330 e. The van der Waals surface area contributed by atoms with Crippen molar-refractivity contribution in [2.24, 2.45) is 0 Å². The van der Waals surface area contributed by atoms with Crippen LogP contribution >= 0.6 is 0 Å². The van der Waals surface area contributed by atoms with Crippen molar-refractivity contribution in [1.82, 2.24) is 0 Å². The third-order valence-corrected chi connectivity index (χ3v) is 3.59. The molecule has 0 saturated heterocycles. The summed E-state index contributed by atoms with van der Waals surface area (Å²) in [6, 6.07) is 0. The summed E-state index contributed by atoms with van der Waals surface area (Å²) in [6.07, 6.45) is 5.81. The van der Waals surface area contributed by atoms with E-state index in [9.17, 15) is 19.5 Å². The van der Waals surface area contributed by atoms with Crippen LogP contribution in [0.5, 0.6) is 0 Å². The van der Waals surface area contributed by atoms with Crippen LogP contribution in [-0.2, 0) is 28.6 Å². The molecule has 0 aliphatic heterocycles. The summed E-state index contributed by atoms with van der Waals surface area (Å²) in [5, 5.41) is 10.8. The van der Waals surface area contributed by atoms with Gasteiger partial charge in [-0.2, -0.15) is 0 Å². The number of hydrogen-bond donors (Lipinski definition) is 1.